The molecule has 96 valence electrons. The first-order valence-electron chi connectivity index (χ1n) is 5.91. The molecule has 0 amide bonds. The third kappa shape index (κ3) is 3.13. The first-order chi connectivity index (χ1) is 8.72. The average Bonchev–Trinajstić information content (AvgIpc) is 2.81. The molecule has 18 heavy (non-hydrogen) atoms. The van der Waals surface area contributed by atoms with Crippen LogP contribution in [0.5, 0.6) is 5.75 Å². The van der Waals surface area contributed by atoms with Crippen LogP contribution in [0.2, 0.25) is 0 Å². The molecule has 0 aliphatic carbocycles. The molecule has 0 saturated carbocycles. The number of thiophene rings is 1. The summed E-state index contributed by atoms with van der Waals surface area (Å²) in [6, 6.07) is 10.1. The van der Waals surface area contributed by atoms with Crippen molar-refractivity contribution in [1.29, 1.82) is 0 Å². The molecule has 2 rings (SSSR count). The summed E-state index contributed by atoms with van der Waals surface area (Å²) in [4.78, 5) is 1.19. The van der Waals surface area contributed by atoms with Crippen molar-refractivity contribution < 1.29 is 4.74 Å². The van der Waals surface area contributed by atoms with Gasteiger partial charge in [-0.25, -0.2) is 0 Å². The third-order valence-electron chi connectivity index (χ3n) is 2.81. The Balaban J connectivity index is 2.12. The van der Waals surface area contributed by atoms with Crippen LogP contribution < -0.4 is 10.5 Å². The maximum atomic E-state index is 6.09. The Morgan fingerprint density at radius 3 is 2.78 bits per heavy atom. The van der Waals surface area contributed by atoms with E-state index in [9.17, 15) is 0 Å². The van der Waals surface area contributed by atoms with Crippen LogP contribution in [0.1, 0.15) is 29.8 Å². The first kappa shape index (κ1) is 13.6. The number of nitrogens with two attached hydrogens (primary N) is 1. The predicted octanol–water partition coefficient (Wildman–Crippen LogP) is 4.50. The summed E-state index contributed by atoms with van der Waals surface area (Å²) in [5, 5.41) is 2.05. The van der Waals surface area contributed by atoms with Gasteiger partial charge in [-0.2, -0.15) is 0 Å². The number of rotatable bonds is 5. The number of halogens is 1. The van der Waals surface area contributed by atoms with Gasteiger partial charge in [0.05, 0.1) is 4.88 Å². The van der Waals surface area contributed by atoms with E-state index < -0.39 is 0 Å². The topological polar surface area (TPSA) is 35.2 Å². The Kier molecular flexibility index (Phi) is 4.80. The molecule has 0 aliphatic rings. The molecule has 4 heteroatoms. The van der Waals surface area contributed by atoms with E-state index in [1.807, 2.05) is 35.7 Å². The molecular formula is C14H16BrNOS. The van der Waals surface area contributed by atoms with Gasteiger partial charge in [-0.05, 0) is 39.9 Å². The van der Waals surface area contributed by atoms with Crippen LogP contribution >= 0.6 is 27.3 Å². The number of para-hydroxylation sites is 1. The molecule has 0 bridgehead atoms. The van der Waals surface area contributed by atoms with E-state index in [2.05, 4.69) is 22.9 Å². The number of hydrogen-bond acceptors (Lipinski definition) is 3. The lowest BCUT2D eigenvalue weighted by molar-refractivity contribution is 0.303. The van der Waals surface area contributed by atoms with Crippen LogP contribution in [-0.4, -0.2) is 0 Å². The highest BCUT2D eigenvalue weighted by Gasteiger charge is 2.10. The molecule has 0 aliphatic heterocycles. The molecule has 0 radical (unpaired) electrons. The van der Waals surface area contributed by atoms with E-state index in [0.717, 1.165) is 22.2 Å². The highest BCUT2D eigenvalue weighted by atomic mass is 79.9. The summed E-state index contributed by atoms with van der Waals surface area (Å²) in [5.74, 6) is 0.882. The summed E-state index contributed by atoms with van der Waals surface area (Å²) in [6.45, 7) is 2.66. The lowest BCUT2D eigenvalue weighted by Crippen LogP contribution is -2.10. The van der Waals surface area contributed by atoms with Crippen LogP contribution in [0.25, 0.3) is 0 Å². The van der Waals surface area contributed by atoms with Crippen LogP contribution in [0.3, 0.4) is 0 Å². The minimum Gasteiger partial charge on any atom is -0.488 e. The standard InChI is InChI=1S/C14H16BrNOS/c1-2-12(16)10-5-3-4-6-13(10)17-9-14-11(15)7-8-18-14/h3-8,12H,2,9,16H2,1H3/t12-/m1/s1. The fourth-order valence-electron chi connectivity index (χ4n) is 1.71. The monoisotopic (exact) mass is 325 g/mol. The molecule has 1 atom stereocenters. The van der Waals surface area contributed by atoms with Crippen LogP contribution in [-0.2, 0) is 6.61 Å². The summed E-state index contributed by atoms with van der Waals surface area (Å²) in [7, 11) is 0. The van der Waals surface area contributed by atoms with Crippen LogP contribution in [0.15, 0.2) is 40.2 Å². The minimum absolute atomic E-state index is 0.0352. The van der Waals surface area contributed by atoms with E-state index in [0.29, 0.717) is 6.61 Å². The molecule has 2 aromatic rings. The Hall–Kier alpha value is -0.840. The van der Waals surface area contributed by atoms with Gasteiger partial charge >= 0.3 is 0 Å². The molecule has 1 aromatic carbocycles. The normalized spacial score (nSPS) is 12.4. The van der Waals surface area contributed by atoms with Crippen molar-refractivity contribution in [2.75, 3.05) is 0 Å². The summed E-state index contributed by atoms with van der Waals surface area (Å²) >= 11 is 5.19. The van der Waals surface area contributed by atoms with Gasteiger partial charge in [-0.1, -0.05) is 25.1 Å². The van der Waals surface area contributed by atoms with Crippen molar-refractivity contribution in [2.24, 2.45) is 5.73 Å². The van der Waals surface area contributed by atoms with Crippen molar-refractivity contribution in [1.82, 2.24) is 0 Å². The van der Waals surface area contributed by atoms with Gasteiger partial charge in [0.1, 0.15) is 12.4 Å². The number of benzene rings is 1. The Labute approximate surface area is 120 Å². The van der Waals surface area contributed by atoms with Crippen molar-refractivity contribution >= 4 is 27.3 Å². The van der Waals surface area contributed by atoms with E-state index in [4.69, 9.17) is 10.5 Å². The van der Waals surface area contributed by atoms with Crippen molar-refractivity contribution in [2.45, 2.75) is 26.0 Å². The fraction of sp³-hybridized carbons (Fsp3) is 0.286. The van der Waals surface area contributed by atoms with E-state index in [1.165, 1.54) is 4.88 Å². The molecule has 0 spiro atoms. The minimum atomic E-state index is 0.0352. The summed E-state index contributed by atoms with van der Waals surface area (Å²) in [5.41, 5.74) is 7.16. The second kappa shape index (κ2) is 6.36. The van der Waals surface area contributed by atoms with Crippen LogP contribution in [0.4, 0.5) is 0 Å². The molecule has 1 aromatic heterocycles. The number of ether oxygens (including phenoxy) is 1. The Morgan fingerprint density at radius 1 is 1.33 bits per heavy atom. The summed E-state index contributed by atoms with van der Waals surface area (Å²) < 4.78 is 6.99. The first-order valence-corrected chi connectivity index (χ1v) is 7.58. The smallest absolute Gasteiger partial charge is 0.124 e. The highest BCUT2D eigenvalue weighted by Crippen LogP contribution is 2.28. The molecule has 0 saturated heterocycles. The van der Waals surface area contributed by atoms with Gasteiger partial charge in [0, 0.05) is 16.1 Å². The quantitative estimate of drug-likeness (QED) is 0.878. The third-order valence-corrected chi connectivity index (χ3v) is 4.71. The van der Waals surface area contributed by atoms with Gasteiger partial charge in [0.15, 0.2) is 0 Å². The zero-order valence-electron chi connectivity index (χ0n) is 10.2. The molecule has 1 heterocycles. The molecule has 2 N–H and O–H groups in total. The van der Waals surface area contributed by atoms with Gasteiger partial charge in [-0.15, -0.1) is 11.3 Å². The largest absolute Gasteiger partial charge is 0.488 e. The number of hydrogen-bond donors (Lipinski definition) is 1. The second-order valence-electron chi connectivity index (χ2n) is 4.03. The molecule has 0 unspecified atom stereocenters. The van der Waals surface area contributed by atoms with Gasteiger partial charge in [-0.3, -0.25) is 0 Å². The van der Waals surface area contributed by atoms with Crippen molar-refractivity contribution in [3.8, 4) is 5.75 Å². The average molecular weight is 326 g/mol. The van der Waals surface area contributed by atoms with E-state index >= 15 is 0 Å². The van der Waals surface area contributed by atoms with Crippen LogP contribution in [0, 0.1) is 0 Å². The summed E-state index contributed by atoms with van der Waals surface area (Å²) in [6.07, 6.45) is 0.906. The lowest BCUT2D eigenvalue weighted by Gasteiger charge is -2.15. The fourth-order valence-corrected chi connectivity index (χ4v) is 3.09. The zero-order valence-corrected chi connectivity index (χ0v) is 12.6. The Morgan fingerprint density at radius 2 is 2.11 bits per heavy atom. The molecule has 0 fully saturated rings. The molecular weight excluding hydrogens is 310 g/mol. The Bertz CT molecular complexity index is 512. The highest BCUT2D eigenvalue weighted by molar-refractivity contribution is 9.10. The molecule has 2 nitrogen and oxygen atoms in total. The predicted molar refractivity (Wildman–Crippen MR) is 80.0 cm³/mol. The van der Waals surface area contributed by atoms with Crippen molar-refractivity contribution in [3.05, 3.63) is 50.6 Å². The van der Waals surface area contributed by atoms with Gasteiger partial charge < -0.3 is 10.5 Å². The lowest BCUT2D eigenvalue weighted by atomic mass is 10.0. The second-order valence-corrected chi connectivity index (χ2v) is 5.89. The maximum absolute atomic E-state index is 6.09. The maximum Gasteiger partial charge on any atom is 0.124 e. The SMILES string of the molecule is CC[C@@H](N)c1ccccc1OCc1sccc1Br. The zero-order chi connectivity index (χ0) is 13.0. The van der Waals surface area contributed by atoms with Gasteiger partial charge in [0.2, 0.25) is 0 Å². The van der Waals surface area contributed by atoms with Gasteiger partial charge in [0.25, 0.3) is 0 Å². The van der Waals surface area contributed by atoms with E-state index in [1.54, 1.807) is 11.3 Å². The van der Waals surface area contributed by atoms with Crippen molar-refractivity contribution in [3.63, 3.8) is 0 Å². The van der Waals surface area contributed by atoms with E-state index in [-0.39, 0.29) is 6.04 Å².